The van der Waals surface area contributed by atoms with Gasteiger partial charge >= 0.3 is 0 Å². The van der Waals surface area contributed by atoms with Crippen molar-refractivity contribution in [1.82, 2.24) is 19.5 Å². The third-order valence-electron chi connectivity index (χ3n) is 4.50. The van der Waals surface area contributed by atoms with Gasteiger partial charge in [0.1, 0.15) is 5.82 Å². The fraction of sp³-hybridized carbons (Fsp3) is 0.353. The molecule has 3 aromatic heterocycles. The highest BCUT2D eigenvalue weighted by molar-refractivity contribution is 9.10. The Morgan fingerprint density at radius 2 is 2.31 bits per heavy atom. The molecule has 2 N–H and O–H groups in total. The standard InChI is InChI=1S/C17H18BrN5O3/c1-25-9-11-3-2-6-22(11)17(24)10-7-14(19)23-15(8-10)20-16(21-23)12-4-5-13(18)26-12/h4-5,7-8,11H,2-3,6,9,19H2,1H3/t11-/m1/s1. The number of hydrogen-bond donors (Lipinski definition) is 1. The van der Waals surface area contributed by atoms with Crippen molar-refractivity contribution in [2.24, 2.45) is 0 Å². The lowest BCUT2D eigenvalue weighted by Crippen LogP contribution is -2.38. The molecular weight excluding hydrogens is 402 g/mol. The van der Waals surface area contributed by atoms with Crippen LogP contribution in [0.3, 0.4) is 0 Å². The van der Waals surface area contributed by atoms with Gasteiger partial charge in [-0.3, -0.25) is 4.79 Å². The minimum absolute atomic E-state index is 0.0657. The second-order valence-corrected chi connectivity index (χ2v) is 7.01. The SMILES string of the molecule is COC[C@H]1CCCN1C(=O)c1cc(N)n2nc(-c3ccc(Br)o3)nc2c1. The van der Waals surface area contributed by atoms with Gasteiger partial charge in [-0.25, -0.2) is 4.98 Å². The maximum absolute atomic E-state index is 12.9. The lowest BCUT2D eigenvalue weighted by Gasteiger charge is -2.24. The van der Waals surface area contributed by atoms with Crippen LogP contribution < -0.4 is 5.73 Å². The molecule has 4 heterocycles. The number of amides is 1. The Balaban J connectivity index is 1.69. The van der Waals surface area contributed by atoms with Gasteiger partial charge in [0, 0.05) is 19.2 Å². The van der Waals surface area contributed by atoms with Crippen molar-refractivity contribution < 1.29 is 13.9 Å². The maximum atomic E-state index is 12.9. The fourth-order valence-corrected chi connectivity index (χ4v) is 3.61. The summed E-state index contributed by atoms with van der Waals surface area (Å²) in [7, 11) is 1.65. The van der Waals surface area contributed by atoms with Gasteiger partial charge in [-0.2, -0.15) is 4.52 Å². The first-order chi connectivity index (χ1) is 12.6. The number of nitrogens with zero attached hydrogens (tertiary/aromatic N) is 4. The van der Waals surface area contributed by atoms with E-state index in [-0.39, 0.29) is 11.9 Å². The summed E-state index contributed by atoms with van der Waals surface area (Å²) in [6, 6.07) is 6.96. The molecule has 1 aliphatic heterocycles. The number of methoxy groups -OCH3 is 1. The average Bonchev–Trinajstić information content (AvgIpc) is 3.33. The number of nitrogen functional groups attached to an aromatic ring is 1. The van der Waals surface area contributed by atoms with Crippen molar-refractivity contribution in [2.45, 2.75) is 18.9 Å². The van der Waals surface area contributed by atoms with Crippen LogP contribution in [0.15, 0.2) is 33.4 Å². The smallest absolute Gasteiger partial charge is 0.254 e. The van der Waals surface area contributed by atoms with E-state index in [1.165, 1.54) is 4.52 Å². The largest absolute Gasteiger partial charge is 0.446 e. The van der Waals surface area contributed by atoms with Crippen molar-refractivity contribution in [1.29, 1.82) is 0 Å². The van der Waals surface area contributed by atoms with Gasteiger partial charge in [-0.1, -0.05) is 0 Å². The highest BCUT2D eigenvalue weighted by atomic mass is 79.9. The summed E-state index contributed by atoms with van der Waals surface area (Å²) in [5.41, 5.74) is 7.10. The van der Waals surface area contributed by atoms with Gasteiger partial charge in [0.2, 0.25) is 5.82 Å². The number of fused-ring (bicyclic) bond motifs is 1. The maximum Gasteiger partial charge on any atom is 0.254 e. The molecular formula is C17H18BrN5O3. The van der Waals surface area contributed by atoms with Crippen molar-refractivity contribution in [3.8, 4) is 11.6 Å². The number of nitrogens with two attached hydrogens (primary N) is 1. The molecule has 1 aliphatic rings. The number of likely N-dealkylation sites (tertiary alicyclic amines) is 1. The van der Waals surface area contributed by atoms with Crippen LogP contribution in [0.1, 0.15) is 23.2 Å². The van der Waals surface area contributed by atoms with E-state index in [4.69, 9.17) is 14.9 Å². The number of ether oxygens (including phenoxy) is 1. The zero-order valence-corrected chi connectivity index (χ0v) is 15.8. The molecule has 1 fully saturated rings. The van der Waals surface area contributed by atoms with Crippen LogP contribution in [0, 0.1) is 0 Å². The summed E-state index contributed by atoms with van der Waals surface area (Å²) in [4.78, 5) is 19.2. The molecule has 4 rings (SSSR count). The van der Waals surface area contributed by atoms with Gasteiger partial charge in [0.05, 0.1) is 12.6 Å². The first kappa shape index (κ1) is 17.0. The number of hydrogen-bond acceptors (Lipinski definition) is 6. The number of pyridine rings is 1. The van der Waals surface area contributed by atoms with E-state index in [2.05, 4.69) is 26.0 Å². The fourth-order valence-electron chi connectivity index (χ4n) is 3.31. The van der Waals surface area contributed by atoms with Gasteiger partial charge < -0.3 is 19.8 Å². The van der Waals surface area contributed by atoms with Crippen LogP contribution in [0.25, 0.3) is 17.2 Å². The number of halogens is 1. The Bertz CT molecular complexity index is 967. The van der Waals surface area contributed by atoms with Crippen molar-refractivity contribution >= 4 is 33.3 Å². The molecule has 0 radical (unpaired) electrons. The molecule has 0 spiro atoms. The first-order valence-corrected chi connectivity index (χ1v) is 9.08. The Morgan fingerprint density at radius 1 is 1.46 bits per heavy atom. The zero-order valence-electron chi connectivity index (χ0n) is 14.2. The highest BCUT2D eigenvalue weighted by Crippen LogP contribution is 2.25. The molecule has 1 saturated heterocycles. The van der Waals surface area contributed by atoms with Gasteiger partial charge in [0.15, 0.2) is 16.1 Å². The van der Waals surface area contributed by atoms with Gasteiger partial charge in [-0.15, -0.1) is 5.10 Å². The predicted molar refractivity (Wildman–Crippen MR) is 98.7 cm³/mol. The van der Waals surface area contributed by atoms with Crippen molar-refractivity contribution in [3.05, 3.63) is 34.5 Å². The summed E-state index contributed by atoms with van der Waals surface area (Å²) < 4.78 is 12.8. The van der Waals surface area contributed by atoms with E-state index >= 15 is 0 Å². The van der Waals surface area contributed by atoms with E-state index in [1.807, 2.05) is 4.90 Å². The Hall–Kier alpha value is -2.39. The van der Waals surface area contributed by atoms with Crippen LogP contribution in [-0.2, 0) is 4.74 Å². The van der Waals surface area contributed by atoms with Crippen LogP contribution in [-0.4, -0.2) is 51.7 Å². The van der Waals surface area contributed by atoms with Crippen LogP contribution >= 0.6 is 15.9 Å². The lowest BCUT2D eigenvalue weighted by atomic mass is 10.2. The number of anilines is 1. The van der Waals surface area contributed by atoms with Crippen LogP contribution in [0.5, 0.6) is 0 Å². The molecule has 26 heavy (non-hydrogen) atoms. The molecule has 0 aromatic carbocycles. The van der Waals surface area contributed by atoms with Gasteiger partial charge in [-0.05, 0) is 53.0 Å². The van der Waals surface area contributed by atoms with E-state index in [0.717, 1.165) is 19.4 Å². The first-order valence-electron chi connectivity index (χ1n) is 8.28. The normalized spacial score (nSPS) is 17.3. The molecule has 0 aliphatic carbocycles. The molecule has 0 unspecified atom stereocenters. The molecule has 0 bridgehead atoms. The Labute approximate surface area is 158 Å². The minimum Gasteiger partial charge on any atom is -0.446 e. The summed E-state index contributed by atoms with van der Waals surface area (Å²) in [5, 5.41) is 4.36. The number of carbonyl (C=O) groups is 1. The second kappa shape index (κ2) is 6.73. The average molecular weight is 420 g/mol. The molecule has 1 amide bonds. The highest BCUT2D eigenvalue weighted by Gasteiger charge is 2.30. The lowest BCUT2D eigenvalue weighted by molar-refractivity contribution is 0.0630. The number of aromatic nitrogens is 3. The topological polar surface area (TPSA) is 98.9 Å². The van der Waals surface area contributed by atoms with Crippen LogP contribution in [0.2, 0.25) is 0 Å². The predicted octanol–water partition coefficient (Wildman–Crippen LogP) is 2.58. The summed E-state index contributed by atoms with van der Waals surface area (Å²) in [6.45, 7) is 1.25. The minimum atomic E-state index is -0.0657. The monoisotopic (exact) mass is 419 g/mol. The number of rotatable bonds is 4. The quantitative estimate of drug-likeness (QED) is 0.697. The van der Waals surface area contributed by atoms with E-state index in [9.17, 15) is 4.79 Å². The van der Waals surface area contributed by atoms with E-state index in [1.54, 1.807) is 31.4 Å². The molecule has 3 aromatic rings. The third kappa shape index (κ3) is 2.97. The zero-order chi connectivity index (χ0) is 18.3. The van der Waals surface area contributed by atoms with Gasteiger partial charge in [0.25, 0.3) is 5.91 Å². The molecule has 9 heteroatoms. The van der Waals surface area contributed by atoms with Crippen LogP contribution in [0.4, 0.5) is 5.82 Å². The Kier molecular flexibility index (Phi) is 4.41. The van der Waals surface area contributed by atoms with Crippen molar-refractivity contribution in [3.63, 3.8) is 0 Å². The van der Waals surface area contributed by atoms with Crippen molar-refractivity contribution in [2.75, 3.05) is 26.0 Å². The Morgan fingerprint density at radius 3 is 3.04 bits per heavy atom. The summed E-state index contributed by atoms with van der Waals surface area (Å²) >= 11 is 3.26. The molecule has 0 saturated carbocycles. The molecule has 136 valence electrons. The number of carbonyl (C=O) groups excluding carboxylic acids is 1. The third-order valence-corrected chi connectivity index (χ3v) is 4.93. The van der Waals surface area contributed by atoms with E-state index in [0.29, 0.717) is 39.9 Å². The van der Waals surface area contributed by atoms with E-state index < -0.39 is 0 Å². The second-order valence-electron chi connectivity index (χ2n) is 6.23. The number of furan rings is 1. The molecule has 1 atom stereocenters. The molecule has 8 nitrogen and oxygen atoms in total. The summed E-state index contributed by atoms with van der Waals surface area (Å²) in [6.07, 6.45) is 1.92. The summed E-state index contributed by atoms with van der Waals surface area (Å²) in [5.74, 6) is 1.21.